The Labute approximate surface area is 153 Å². The molecule has 0 spiro atoms. The fraction of sp³-hybridized carbons (Fsp3) is 0.250. The average molecular weight is 357 g/mol. The molecule has 0 saturated carbocycles. The smallest absolute Gasteiger partial charge is 0.246 e. The van der Waals surface area contributed by atoms with Gasteiger partial charge in [-0.1, -0.05) is 35.9 Å². The molecule has 5 heteroatoms. The van der Waals surface area contributed by atoms with E-state index < -0.39 is 0 Å². The van der Waals surface area contributed by atoms with Gasteiger partial charge in [0, 0.05) is 49.0 Å². The lowest BCUT2D eigenvalue weighted by Gasteiger charge is -2.35. The van der Waals surface area contributed by atoms with Crippen molar-refractivity contribution in [2.75, 3.05) is 38.2 Å². The number of rotatable bonds is 4. The summed E-state index contributed by atoms with van der Waals surface area (Å²) in [5, 5.41) is 0.648. The van der Waals surface area contributed by atoms with E-state index in [0.717, 1.165) is 30.1 Å². The van der Waals surface area contributed by atoms with E-state index >= 15 is 0 Å². The number of anilines is 1. The van der Waals surface area contributed by atoms with Gasteiger partial charge in [-0.3, -0.25) is 4.79 Å². The molecule has 130 valence electrons. The van der Waals surface area contributed by atoms with Crippen molar-refractivity contribution in [2.45, 2.75) is 0 Å². The summed E-state index contributed by atoms with van der Waals surface area (Å²) in [7, 11) is 1.67. The number of benzene rings is 2. The number of ether oxygens (including phenoxy) is 1. The molecule has 0 aromatic heterocycles. The maximum atomic E-state index is 12.4. The molecule has 25 heavy (non-hydrogen) atoms. The molecule has 0 aliphatic carbocycles. The lowest BCUT2D eigenvalue weighted by Crippen LogP contribution is -2.48. The van der Waals surface area contributed by atoms with Crippen molar-refractivity contribution in [3.05, 3.63) is 65.2 Å². The number of hydrogen-bond acceptors (Lipinski definition) is 3. The number of hydrogen-bond donors (Lipinski definition) is 0. The molecule has 0 unspecified atom stereocenters. The monoisotopic (exact) mass is 356 g/mol. The van der Waals surface area contributed by atoms with Crippen molar-refractivity contribution in [2.24, 2.45) is 0 Å². The van der Waals surface area contributed by atoms with E-state index in [-0.39, 0.29) is 5.91 Å². The fourth-order valence-electron chi connectivity index (χ4n) is 2.87. The van der Waals surface area contributed by atoms with Crippen LogP contribution in [0, 0.1) is 0 Å². The largest absolute Gasteiger partial charge is 0.497 e. The molecule has 1 heterocycles. The van der Waals surface area contributed by atoms with Crippen LogP contribution in [0.1, 0.15) is 5.56 Å². The van der Waals surface area contributed by atoms with Crippen molar-refractivity contribution in [1.29, 1.82) is 0 Å². The molecule has 3 rings (SSSR count). The lowest BCUT2D eigenvalue weighted by molar-refractivity contribution is -0.126. The summed E-state index contributed by atoms with van der Waals surface area (Å²) in [5.41, 5.74) is 1.98. The summed E-state index contributed by atoms with van der Waals surface area (Å²) in [6.07, 6.45) is 3.38. The minimum absolute atomic E-state index is 0.0187. The third-order valence-electron chi connectivity index (χ3n) is 4.32. The number of halogens is 1. The number of carbonyl (C=O) groups excluding carboxylic acids is 1. The molecule has 0 N–H and O–H groups in total. The molecule has 0 bridgehead atoms. The van der Waals surface area contributed by atoms with Gasteiger partial charge in [0.25, 0.3) is 0 Å². The third kappa shape index (κ3) is 4.34. The number of piperazine rings is 1. The van der Waals surface area contributed by atoms with Crippen molar-refractivity contribution in [3.63, 3.8) is 0 Å². The van der Waals surface area contributed by atoms with Crippen LogP contribution < -0.4 is 9.64 Å². The minimum Gasteiger partial charge on any atom is -0.497 e. The lowest BCUT2D eigenvalue weighted by atomic mass is 10.2. The van der Waals surface area contributed by atoms with Gasteiger partial charge in [0.15, 0.2) is 0 Å². The Balaban J connectivity index is 1.58. The second-order valence-electron chi connectivity index (χ2n) is 5.87. The van der Waals surface area contributed by atoms with E-state index in [9.17, 15) is 4.79 Å². The van der Waals surface area contributed by atoms with Crippen LogP contribution in [0.5, 0.6) is 5.75 Å². The Hall–Kier alpha value is -2.46. The molecule has 0 radical (unpaired) electrons. The third-order valence-corrected chi connectivity index (χ3v) is 4.66. The van der Waals surface area contributed by atoms with E-state index in [1.165, 1.54) is 0 Å². The summed E-state index contributed by atoms with van der Waals surface area (Å²) in [5.74, 6) is 0.865. The predicted octanol–water partition coefficient (Wildman–Crippen LogP) is 3.71. The molecule has 2 aromatic rings. The molecule has 1 aliphatic heterocycles. The summed E-state index contributed by atoms with van der Waals surface area (Å²) >= 11 is 6.11. The number of carbonyl (C=O) groups is 1. The fourth-order valence-corrected chi connectivity index (χ4v) is 3.07. The first-order chi connectivity index (χ1) is 12.2. The van der Waals surface area contributed by atoms with Crippen LogP contribution in [-0.2, 0) is 4.79 Å². The molecular formula is C20H21ClN2O2. The van der Waals surface area contributed by atoms with Crippen LogP contribution in [0.4, 0.5) is 5.69 Å². The molecule has 1 aliphatic rings. The first kappa shape index (κ1) is 17.4. The molecule has 1 amide bonds. The van der Waals surface area contributed by atoms with E-state index in [4.69, 9.17) is 16.3 Å². The van der Waals surface area contributed by atoms with Crippen LogP contribution >= 0.6 is 11.6 Å². The van der Waals surface area contributed by atoms with Gasteiger partial charge in [-0.25, -0.2) is 0 Å². The van der Waals surface area contributed by atoms with Crippen LogP contribution in [0.25, 0.3) is 6.08 Å². The van der Waals surface area contributed by atoms with Crippen molar-refractivity contribution < 1.29 is 9.53 Å². The molecule has 2 aromatic carbocycles. The Kier molecular flexibility index (Phi) is 5.61. The number of methoxy groups -OCH3 is 1. The highest BCUT2D eigenvalue weighted by molar-refractivity contribution is 6.32. The van der Waals surface area contributed by atoms with Gasteiger partial charge in [-0.2, -0.15) is 0 Å². The molecule has 4 nitrogen and oxygen atoms in total. The van der Waals surface area contributed by atoms with E-state index in [1.807, 2.05) is 47.4 Å². The van der Waals surface area contributed by atoms with Crippen LogP contribution in [0.3, 0.4) is 0 Å². The van der Waals surface area contributed by atoms with Crippen molar-refractivity contribution in [1.82, 2.24) is 4.90 Å². The Morgan fingerprint density at radius 2 is 1.84 bits per heavy atom. The van der Waals surface area contributed by atoms with Gasteiger partial charge in [-0.15, -0.1) is 0 Å². The number of amides is 1. The van der Waals surface area contributed by atoms with Gasteiger partial charge in [-0.05, 0) is 29.8 Å². The SMILES string of the molecule is COc1cccc(N2CCN(C(=O)/C=C/c3ccccc3Cl)CC2)c1. The van der Waals surface area contributed by atoms with E-state index in [1.54, 1.807) is 19.3 Å². The second-order valence-corrected chi connectivity index (χ2v) is 6.28. The van der Waals surface area contributed by atoms with Gasteiger partial charge in [0.05, 0.1) is 7.11 Å². The zero-order valence-corrected chi connectivity index (χ0v) is 14.9. The highest BCUT2D eigenvalue weighted by Crippen LogP contribution is 2.22. The first-order valence-electron chi connectivity index (χ1n) is 8.28. The van der Waals surface area contributed by atoms with E-state index in [2.05, 4.69) is 11.0 Å². The Morgan fingerprint density at radius 1 is 1.08 bits per heavy atom. The molecule has 1 saturated heterocycles. The zero-order chi connectivity index (χ0) is 17.6. The zero-order valence-electron chi connectivity index (χ0n) is 14.2. The summed E-state index contributed by atoms with van der Waals surface area (Å²) < 4.78 is 5.28. The molecular weight excluding hydrogens is 336 g/mol. The predicted molar refractivity (Wildman–Crippen MR) is 102 cm³/mol. The first-order valence-corrected chi connectivity index (χ1v) is 8.65. The maximum Gasteiger partial charge on any atom is 0.246 e. The molecule has 1 fully saturated rings. The average Bonchev–Trinajstić information content (AvgIpc) is 2.67. The molecule has 0 atom stereocenters. The summed E-state index contributed by atoms with van der Waals surface area (Å²) in [6, 6.07) is 15.5. The van der Waals surface area contributed by atoms with Gasteiger partial charge in [0.1, 0.15) is 5.75 Å². The van der Waals surface area contributed by atoms with Gasteiger partial charge < -0.3 is 14.5 Å². The van der Waals surface area contributed by atoms with Gasteiger partial charge >= 0.3 is 0 Å². The highest BCUT2D eigenvalue weighted by atomic mass is 35.5. The van der Waals surface area contributed by atoms with Crippen LogP contribution in [0.2, 0.25) is 5.02 Å². The Bertz CT molecular complexity index is 768. The number of nitrogens with zero attached hydrogens (tertiary/aromatic N) is 2. The highest BCUT2D eigenvalue weighted by Gasteiger charge is 2.20. The van der Waals surface area contributed by atoms with Crippen molar-refractivity contribution >= 4 is 29.3 Å². The standard InChI is InChI=1S/C20H21ClN2O2/c1-25-18-7-4-6-17(15-18)22-11-13-23(14-12-22)20(24)10-9-16-5-2-3-8-19(16)21/h2-10,15H,11-14H2,1H3/b10-9+. The quantitative estimate of drug-likeness (QED) is 0.783. The topological polar surface area (TPSA) is 32.8 Å². The minimum atomic E-state index is 0.0187. The van der Waals surface area contributed by atoms with E-state index in [0.29, 0.717) is 18.1 Å². The normalized spacial score (nSPS) is 14.8. The summed E-state index contributed by atoms with van der Waals surface area (Å²) in [4.78, 5) is 16.5. The second kappa shape index (κ2) is 8.08. The van der Waals surface area contributed by atoms with Crippen molar-refractivity contribution in [3.8, 4) is 5.75 Å². The Morgan fingerprint density at radius 3 is 2.56 bits per heavy atom. The van der Waals surface area contributed by atoms with Gasteiger partial charge in [0.2, 0.25) is 5.91 Å². The summed E-state index contributed by atoms with van der Waals surface area (Å²) in [6.45, 7) is 3.00. The van der Waals surface area contributed by atoms with Crippen LogP contribution in [0.15, 0.2) is 54.6 Å². The maximum absolute atomic E-state index is 12.4. The van der Waals surface area contributed by atoms with Crippen LogP contribution in [-0.4, -0.2) is 44.1 Å².